The van der Waals surface area contributed by atoms with Crippen LogP contribution in [-0.2, 0) is 16.2 Å². The zero-order chi connectivity index (χ0) is 25.2. The zero-order valence-corrected chi connectivity index (χ0v) is 21.4. The van der Waals surface area contributed by atoms with E-state index < -0.39 is 12.0 Å². The first-order chi connectivity index (χ1) is 17.4. The Hall–Kier alpha value is -2.90. The van der Waals surface area contributed by atoms with Crippen molar-refractivity contribution in [3.05, 3.63) is 105 Å². The second kappa shape index (κ2) is 11.7. The van der Waals surface area contributed by atoms with Crippen molar-refractivity contribution in [2.45, 2.75) is 38.5 Å². The number of hydrogen-bond donors (Lipinski definition) is 1. The van der Waals surface area contributed by atoms with E-state index in [0.717, 1.165) is 18.5 Å². The Balaban J connectivity index is 0.00000320. The van der Waals surface area contributed by atoms with Crippen LogP contribution in [0, 0.1) is 0 Å². The lowest BCUT2D eigenvalue weighted by molar-refractivity contribution is -0.138. The van der Waals surface area contributed by atoms with Crippen LogP contribution < -0.4 is 5.48 Å². The quantitative estimate of drug-likeness (QED) is 0.398. The van der Waals surface area contributed by atoms with Crippen LogP contribution in [0.2, 0.25) is 10.0 Å². The molecule has 194 valence electrons. The van der Waals surface area contributed by atoms with E-state index >= 15 is 0 Å². The van der Waals surface area contributed by atoms with Gasteiger partial charge in [-0.15, -0.1) is 0 Å². The summed E-state index contributed by atoms with van der Waals surface area (Å²) >= 11 is 12.9. The molecule has 0 radical (unpaired) electrons. The Morgan fingerprint density at radius 1 is 1.03 bits per heavy atom. The number of hydrogen-bond acceptors (Lipinski definition) is 4. The molecule has 0 aliphatic carbocycles. The maximum absolute atomic E-state index is 13.9. The average Bonchev–Trinajstić information content (AvgIpc) is 3.30. The van der Waals surface area contributed by atoms with Crippen molar-refractivity contribution >= 4 is 35.0 Å². The van der Waals surface area contributed by atoms with Crippen molar-refractivity contribution in [2.24, 2.45) is 0 Å². The normalized spacial score (nSPS) is 21.3. The molecule has 1 saturated heterocycles. The first kappa shape index (κ1) is 27.1. The van der Waals surface area contributed by atoms with Crippen LogP contribution in [0.4, 0.5) is 0 Å². The Bertz CT molecular complexity index is 1270. The van der Waals surface area contributed by atoms with E-state index in [9.17, 15) is 9.59 Å². The number of amides is 2. The molecule has 0 bridgehead atoms. The average molecular weight is 540 g/mol. The fourth-order valence-electron chi connectivity index (χ4n) is 5.27. The van der Waals surface area contributed by atoms with Crippen LogP contribution in [0.5, 0.6) is 0 Å². The van der Waals surface area contributed by atoms with Gasteiger partial charge in [-0.05, 0) is 54.9 Å². The highest BCUT2D eigenvalue weighted by Gasteiger charge is 2.48. The molecule has 0 aromatic heterocycles. The van der Waals surface area contributed by atoms with E-state index in [0.29, 0.717) is 33.3 Å². The lowest BCUT2D eigenvalue weighted by Gasteiger charge is -2.45. The summed E-state index contributed by atoms with van der Waals surface area (Å²) in [6, 6.07) is 21.4. The summed E-state index contributed by atoms with van der Waals surface area (Å²) in [7, 11) is 2.04. The van der Waals surface area contributed by atoms with Crippen molar-refractivity contribution in [3.63, 3.8) is 0 Å². The van der Waals surface area contributed by atoms with Gasteiger partial charge in [-0.2, -0.15) is 0 Å². The number of likely N-dealkylation sites (tertiary alicyclic amines) is 1. The molecule has 3 atom stereocenters. The van der Waals surface area contributed by atoms with Crippen LogP contribution in [0.15, 0.2) is 72.8 Å². The molecule has 2 amide bonds. The molecule has 1 N–H and O–H groups in total. The van der Waals surface area contributed by atoms with Crippen molar-refractivity contribution in [1.82, 2.24) is 15.3 Å². The SMILES string of the molecule is C.CN1CC[C@H](N2C(=O)c3ccccc3[C@@H](C(=O)NOCc3ccccc3)[C@@H]2c2ccc(Cl)cc2Cl)C1. The first-order valence-corrected chi connectivity index (χ1v) is 12.7. The third-order valence-electron chi connectivity index (χ3n) is 6.95. The predicted molar refractivity (Wildman–Crippen MR) is 147 cm³/mol. The largest absolute Gasteiger partial charge is 0.326 e. The highest BCUT2D eigenvalue weighted by molar-refractivity contribution is 6.35. The van der Waals surface area contributed by atoms with Crippen molar-refractivity contribution in [2.75, 3.05) is 20.1 Å². The van der Waals surface area contributed by atoms with E-state index in [1.807, 2.05) is 66.5 Å². The fourth-order valence-corrected chi connectivity index (χ4v) is 5.79. The number of carbonyl (C=O) groups excluding carboxylic acids is 2. The molecular weight excluding hydrogens is 509 g/mol. The van der Waals surface area contributed by atoms with Gasteiger partial charge in [0.05, 0.1) is 18.6 Å². The van der Waals surface area contributed by atoms with Crippen molar-refractivity contribution in [1.29, 1.82) is 0 Å². The minimum absolute atomic E-state index is 0. The molecule has 2 heterocycles. The summed E-state index contributed by atoms with van der Waals surface area (Å²) in [5.74, 6) is -1.16. The lowest BCUT2D eigenvalue weighted by atomic mass is 9.78. The van der Waals surface area contributed by atoms with Gasteiger partial charge in [0, 0.05) is 28.2 Å². The number of hydroxylamine groups is 1. The molecular formula is C29H31Cl2N3O3. The fraction of sp³-hybridized carbons (Fsp3) is 0.310. The maximum Gasteiger partial charge on any atom is 0.255 e. The van der Waals surface area contributed by atoms with Gasteiger partial charge in [0.25, 0.3) is 11.8 Å². The van der Waals surface area contributed by atoms with Gasteiger partial charge in [-0.3, -0.25) is 14.4 Å². The van der Waals surface area contributed by atoms with Crippen LogP contribution in [0.3, 0.4) is 0 Å². The topological polar surface area (TPSA) is 61.9 Å². The highest BCUT2D eigenvalue weighted by atomic mass is 35.5. The van der Waals surface area contributed by atoms with E-state index in [2.05, 4.69) is 10.4 Å². The third-order valence-corrected chi connectivity index (χ3v) is 7.52. The number of nitrogens with one attached hydrogen (secondary N) is 1. The summed E-state index contributed by atoms with van der Waals surface area (Å²) in [4.78, 5) is 37.4. The molecule has 5 rings (SSSR count). The first-order valence-electron chi connectivity index (χ1n) is 11.9. The monoisotopic (exact) mass is 539 g/mol. The van der Waals surface area contributed by atoms with Crippen LogP contribution in [0.25, 0.3) is 0 Å². The zero-order valence-electron chi connectivity index (χ0n) is 19.9. The molecule has 0 spiro atoms. The summed E-state index contributed by atoms with van der Waals surface area (Å²) in [5, 5.41) is 0.907. The minimum atomic E-state index is -0.723. The third kappa shape index (κ3) is 5.53. The number of fused-ring (bicyclic) bond motifs is 1. The lowest BCUT2D eigenvalue weighted by Crippen LogP contribution is -2.52. The Labute approximate surface area is 228 Å². The van der Waals surface area contributed by atoms with Crippen LogP contribution >= 0.6 is 23.2 Å². The number of halogens is 2. The summed E-state index contributed by atoms with van der Waals surface area (Å²) < 4.78 is 0. The predicted octanol–water partition coefficient (Wildman–Crippen LogP) is 5.86. The summed E-state index contributed by atoms with van der Waals surface area (Å²) in [5.41, 5.74) is 5.45. The van der Waals surface area contributed by atoms with Crippen molar-refractivity contribution < 1.29 is 14.4 Å². The van der Waals surface area contributed by atoms with E-state index in [-0.39, 0.29) is 31.9 Å². The molecule has 0 saturated carbocycles. The summed E-state index contributed by atoms with van der Waals surface area (Å²) in [6.07, 6.45) is 0.810. The number of nitrogens with zero attached hydrogens (tertiary/aromatic N) is 2. The molecule has 8 heteroatoms. The molecule has 3 aromatic carbocycles. The van der Waals surface area contributed by atoms with E-state index in [4.69, 9.17) is 28.0 Å². The standard InChI is InChI=1S/C28H27Cl2N3O3.CH4/c1-32-14-13-20(16-32)33-26(23-12-11-19(29)15-24(23)30)25(21-9-5-6-10-22(21)28(33)35)27(34)31-36-17-18-7-3-2-4-8-18;/h2-12,15,20,25-26H,13-14,16-17H2,1H3,(H,31,34);1H4/t20-,25+,26-;/m0./s1. The molecule has 0 unspecified atom stereocenters. The Morgan fingerprint density at radius 3 is 2.46 bits per heavy atom. The maximum atomic E-state index is 13.9. The number of rotatable bonds is 6. The van der Waals surface area contributed by atoms with Gasteiger partial charge in [-0.1, -0.05) is 85.2 Å². The molecule has 2 aliphatic rings. The van der Waals surface area contributed by atoms with Gasteiger partial charge >= 0.3 is 0 Å². The van der Waals surface area contributed by atoms with Gasteiger partial charge in [0.1, 0.15) is 0 Å². The second-order valence-electron chi connectivity index (χ2n) is 9.33. The van der Waals surface area contributed by atoms with Crippen molar-refractivity contribution in [3.8, 4) is 0 Å². The van der Waals surface area contributed by atoms with Gasteiger partial charge in [-0.25, -0.2) is 5.48 Å². The summed E-state index contributed by atoms with van der Waals surface area (Å²) in [6.45, 7) is 1.81. The molecule has 3 aromatic rings. The molecule has 37 heavy (non-hydrogen) atoms. The Morgan fingerprint density at radius 2 is 1.76 bits per heavy atom. The Kier molecular flexibility index (Phi) is 8.55. The van der Waals surface area contributed by atoms with Gasteiger partial charge in [0.15, 0.2) is 0 Å². The van der Waals surface area contributed by atoms with E-state index in [1.54, 1.807) is 18.2 Å². The van der Waals surface area contributed by atoms with E-state index in [1.165, 1.54) is 0 Å². The van der Waals surface area contributed by atoms with Crippen LogP contribution in [-0.4, -0.2) is 47.8 Å². The minimum Gasteiger partial charge on any atom is -0.326 e. The number of carbonyl (C=O) groups is 2. The smallest absolute Gasteiger partial charge is 0.255 e. The molecule has 2 aliphatic heterocycles. The number of benzene rings is 3. The molecule has 1 fully saturated rings. The highest BCUT2D eigenvalue weighted by Crippen LogP contribution is 2.47. The second-order valence-corrected chi connectivity index (χ2v) is 10.2. The number of likely N-dealkylation sites (N-methyl/N-ethyl adjacent to an activating group) is 1. The molecule has 6 nitrogen and oxygen atoms in total. The van der Waals surface area contributed by atoms with Crippen LogP contribution in [0.1, 0.15) is 52.9 Å². The van der Waals surface area contributed by atoms with Gasteiger partial charge < -0.3 is 9.80 Å². The van der Waals surface area contributed by atoms with Gasteiger partial charge in [0.2, 0.25) is 0 Å².